The van der Waals surface area contributed by atoms with Gasteiger partial charge in [-0.05, 0) is 64.3 Å². The zero-order chi connectivity index (χ0) is 20.4. The van der Waals surface area contributed by atoms with Crippen LogP contribution in [-0.4, -0.2) is 39.8 Å². The summed E-state index contributed by atoms with van der Waals surface area (Å²) in [7, 11) is 0. The van der Waals surface area contributed by atoms with Crippen molar-refractivity contribution in [1.82, 2.24) is 9.47 Å². The number of anilines is 1. The maximum atomic E-state index is 12.7. The summed E-state index contributed by atoms with van der Waals surface area (Å²) in [6.07, 6.45) is 7.15. The number of allylic oxidation sites excluding steroid dienone is 1. The molecule has 1 aromatic heterocycles. The van der Waals surface area contributed by atoms with Crippen molar-refractivity contribution in [2.24, 2.45) is 0 Å². The summed E-state index contributed by atoms with van der Waals surface area (Å²) in [5.74, 6) is 0. The second kappa shape index (κ2) is 8.23. The molecule has 1 aliphatic heterocycles. The molecule has 1 aliphatic rings. The molecule has 5 heteroatoms. The number of benzene rings is 1. The first-order valence-corrected chi connectivity index (χ1v) is 10.1. The molecule has 2 aromatic rings. The van der Waals surface area contributed by atoms with Crippen molar-refractivity contribution in [3.8, 4) is 0 Å². The normalized spacial score (nSPS) is 18.9. The van der Waals surface area contributed by atoms with E-state index in [1.807, 2.05) is 25.1 Å². The molecular formula is C23H31N3O2. The number of amides is 2. The van der Waals surface area contributed by atoms with E-state index in [-0.39, 0.29) is 6.03 Å². The van der Waals surface area contributed by atoms with Gasteiger partial charge in [-0.2, -0.15) is 0 Å². The number of nitrogens with one attached hydrogen (secondary N) is 1. The minimum Gasteiger partial charge on any atom is -0.391 e. The van der Waals surface area contributed by atoms with Crippen LogP contribution in [0.1, 0.15) is 45.2 Å². The summed E-state index contributed by atoms with van der Waals surface area (Å²) in [6.45, 7) is 13.4. The Balaban J connectivity index is 2.10. The number of piperidine rings is 1. The summed E-state index contributed by atoms with van der Waals surface area (Å²) < 4.78 is 2.31. The molecule has 0 bridgehead atoms. The highest BCUT2D eigenvalue weighted by atomic mass is 16.3. The lowest BCUT2D eigenvalue weighted by Gasteiger charge is -2.30. The maximum Gasteiger partial charge on any atom is 0.321 e. The number of carbonyl (C=O) groups is 1. The van der Waals surface area contributed by atoms with Crippen LogP contribution >= 0.6 is 0 Å². The van der Waals surface area contributed by atoms with Crippen molar-refractivity contribution in [3.63, 3.8) is 0 Å². The number of aliphatic hydroxyl groups excluding tert-OH is 1. The van der Waals surface area contributed by atoms with E-state index in [4.69, 9.17) is 0 Å². The highest BCUT2D eigenvalue weighted by Crippen LogP contribution is 2.25. The molecule has 0 radical (unpaired) electrons. The van der Waals surface area contributed by atoms with Gasteiger partial charge >= 0.3 is 6.03 Å². The molecule has 2 amide bonds. The Bertz CT molecular complexity index is 1020. The number of urea groups is 1. The predicted octanol–water partition coefficient (Wildman–Crippen LogP) is 3.29. The van der Waals surface area contributed by atoms with Crippen LogP contribution in [0.4, 0.5) is 10.5 Å². The smallest absolute Gasteiger partial charge is 0.321 e. The van der Waals surface area contributed by atoms with E-state index in [2.05, 4.69) is 49.4 Å². The van der Waals surface area contributed by atoms with E-state index >= 15 is 0 Å². The first-order valence-electron chi connectivity index (χ1n) is 10.1. The fourth-order valence-electron chi connectivity index (χ4n) is 4.22. The third-order valence-corrected chi connectivity index (χ3v) is 5.51. The van der Waals surface area contributed by atoms with Crippen molar-refractivity contribution in [2.75, 3.05) is 18.4 Å². The lowest BCUT2D eigenvalue weighted by atomic mass is 10.1. The quantitative estimate of drug-likeness (QED) is 0.857. The zero-order valence-corrected chi connectivity index (χ0v) is 17.3. The van der Waals surface area contributed by atoms with Crippen molar-refractivity contribution >= 4 is 34.8 Å². The van der Waals surface area contributed by atoms with Crippen molar-refractivity contribution in [2.45, 2.75) is 52.7 Å². The van der Waals surface area contributed by atoms with Gasteiger partial charge in [0.2, 0.25) is 0 Å². The van der Waals surface area contributed by atoms with E-state index in [9.17, 15) is 9.90 Å². The third kappa shape index (κ3) is 3.59. The van der Waals surface area contributed by atoms with Crippen LogP contribution < -0.4 is 15.9 Å². The Morgan fingerprint density at radius 1 is 1.39 bits per heavy atom. The van der Waals surface area contributed by atoms with E-state index in [1.54, 1.807) is 4.90 Å². The summed E-state index contributed by atoms with van der Waals surface area (Å²) in [6, 6.07) is 4.21. The number of fused-ring (bicyclic) bond motifs is 1. The first-order chi connectivity index (χ1) is 13.4. The van der Waals surface area contributed by atoms with Gasteiger partial charge in [0, 0.05) is 46.3 Å². The molecule has 1 unspecified atom stereocenters. The molecule has 5 nitrogen and oxygen atoms in total. The van der Waals surface area contributed by atoms with Crippen LogP contribution in [-0.2, 0) is 0 Å². The number of β-amino-alcohol motifs (C(OH)–C–C–N with tert-alkyl or cyclic N) is 1. The van der Waals surface area contributed by atoms with Crippen molar-refractivity contribution in [3.05, 3.63) is 40.9 Å². The Hall–Kier alpha value is -2.53. The molecule has 0 spiro atoms. The van der Waals surface area contributed by atoms with Gasteiger partial charge < -0.3 is 19.9 Å². The SMILES string of the molecule is C=C/C=c1\c(=C/C)c2c(C)c(NC(=O)N3CCCC(O)C3)ccc2n1C(C)C. The Kier molecular flexibility index (Phi) is 5.94. The Labute approximate surface area is 166 Å². The van der Waals surface area contributed by atoms with Crippen LogP contribution in [0.5, 0.6) is 0 Å². The highest BCUT2D eigenvalue weighted by molar-refractivity contribution is 5.96. The monoisotopic (exact) mass is 381 g/mol. The number of likely N-dealkylation sites (tertiary alicyclic amines) is 1. The van der Waals surface area contributed by atoms with Gasteiger partial charge in [-0.3, -0.25) is 0 Å². The van der Waals surface area contributed by atoms with E-state index in [0.717, 1.165) is 45.6 Å². The van der Waals surface area contributed by atoms with E-state index in [1.165, 1.54) is 0 Å². The molecule has 0 aliphatic carbocycles. The fourth-order valence-corrected chi connectivity index (χ4v) is 4.22. The molecule has 28 heavy (non-hydrogen) atoms. The lowest BCUT2D eigenvalue weighted by Crippen LogP contribution is -2.44. The minimum absolute atomic E-state index is 0.149. The van der Waals surface area contributed by atoms with E-state index in [0.29, 0.717) is 19.1 Å². The molecule has 1 aromatic carbocycles. The van der Waals surface area contributed by atoms with Gasteiger partial charge in [-0.1, -0.05) is 18.7 Å². The minimum atomic E-state index is -0.429. The van der Waals surface area contributed by atoms with Gasteiger partial charge in [-0.25, -0.2) is 4.79 Å². The summed E-state index contributed by atoms with van der Waals surface area (Å²) in [5, 5.41) is 16.4. The summed E-state index contributed by atoms with van der Waals surface area (Å²) in [4.78, 5) is 14.4. The van der Waals surface area contributed by atoms with Crippen LogP contribution in [0.3, 0.4) is 0 Å². The number of hydrogen-bond acceptors (Lipinski definition) is 2. The molecule has 0 saturated carbocycles. The van der Waals surface area contributed by atoms with Gasteiger partial charge in [0.25, 0.3) is 0 Å². The van der Waals surface area contributed by atoms with Gasteiger partial charge in [-0.15, -0.1) is 0 Å². The number of hydrogen-bond donors (Lipinski definition) is 2. The standard InChI is InChI=1S/C23H31N3O2/c1-6-9-20-18(7-2)22-16(5)19(11-12-21(22)26(20)15(3)4)24-23(28)25-13-8-10-17(27)14-25/h6-7,9,11-12,15,17,27H,1,8,10,13-14H2,2-5H3,(H,24,28)/b18-7+,20-9+. The number of nitrogens with zero attached hydrogens (tertiary/aromatic N) is 2. The second-order valence-electron chi connectivity index (χ2n) is 7.76. The first kappa shape index (κ1) is 20.2. The fraction of sp³-hybridized carbons (Fsp3) is 0.435. The molecule has 3 rings (SSSR count). The average Bonchev–Trinajstić information content (AvgIpc) is 2.98. The molecule has 1 atom stereocenters. The number of carbonyl (C=O) groups excluding carboxylic acids is 1. The number of aliphatic hydroxyl groups is 1. The second-order valence-corrected chi connectivity index (χ2v) is 7.76. The predicted molar refractivity (Wildman–Crippen MR) is 117 cm³/mol. The van der Waals surface area contributed by atoms with Crippen molar-refractivity contribution in [1.29, 1.82) is 0 Å². The number of aromatic nitrogens is 1. The van der Waals surface area contributed by atoms with Crippen LogP contribution in [0.15, 0.2) is 24.8 Å². The Morgan fingerprint density at radius 3 is 2.75 bits per heavy atom. The van der Waals surface area contributed by atoms with Crippen LogP contribution in [0.2, 0.25) is 0 Å². The van der Waals surface area contributed by atoms with Crippen molar-refractivity contribution < 1.29 is 9.90 Å². The molecule has 150 valence electrons. The molecule has 2 N–H and O–H groups in total. The van der Waals surface area contributed by atoms with Gasteiger partial charge in [0.15, 0.2) is 0 Å². The molecule has 1 saturated heterocycles. The number of aryl methyl sites for hydroxylation is 1. The van der Waals surface area contributed by atoms with E-state index < -0.39 is 6.10 Å². The zero-order valence-electron chi connectivity index (χ0n) is 17.3. The number of rotatable bonds is 3. The average molecular weight is 382 g/mol. The third-order valence-electron chi connectivity index (χ3n) is 5.51. The Morgan fingerprint density at radius 2 is 2.14 bits per heavy atom. The highest BCUT2D eigenvalue weighted by Gasteiger charge is 2.23. The summed E-state index contributed by atoms with van der Waals surface area (Å²) in [5.41, 5.74) is 3.02. The maximum absolute atomic E-state index is 12.7. The largest absolute Gasteiger partial charge is 0.391 e. The van der Waals surface area contributed by atoms with Crippen LogP contribution in [0.25, 0.3) is 23.1 Å². The van der Waals surface area contributed by atoms with Gasteiger partial charge in [0.05, 0.1) is 6.10 Å². The van der Waals surface area contributed by atoms with Crippen LogP contribution in [0, 0.1) is 6.92 Å². The molecule has 2 heterocycles. The van der Waals surface area contributed by atoms with Gasteiger partial charge in [0.1, 0.15) is 0 Å². The molecular weight excluding hydrogens is 350 g/mol. The topological polar surface area (TPSA) is 57.5 Å². The molecule has 1 fully saturated rings. The lowest BCUT2D eigenvalue weighted by molar-refractivity contribution is 0.0883. The summed E-state index contributed by atoms with van der Waals surface area (Å²) >= 11 is 0.